The molecule has 0 aliphatic rings. The number of rotatable bonds is 6. The fraction of sp³-hybridized carbons (Fsp3) is 0.375. The van der Waals surface area contributed by atoms with E-state index in [1.54, 1.807) is 0 Å². The smallest absolute Gasteiger partial charge is 0.332 e. The molecule has 0 aliphatic heterocycles. The molecule has 0 radical (unpaired) electrons. The first kappa shape index (κ1) is 11.2. The summed E-state index contributed by atoms with van der Waals surface area (Å²) in [5.41, 5.74) is 2.36. The van der Waals surface area contributed by atoms with Gasteiger partial charge in [0.2, 0.25) is 5.88 Å². The Morgan fingerprint density at radius 2 is 2.40 bits per heavy atom. The molecule has 2 N–H and O–H groups in total. The Hall–Kier alpha value is -1.89. The molecule has 0 saturated carbocycles. The molecule has 82 valence electrons. The van der Waals surface area contributed by atoms with Gasteiger partial charge in [0.05, 0.1) is 6.61 Å². The lowest BCUT2D eigenvalue weighted by molar-refractivity contribution is -0.141. The molecule has 0 atom stereocenters. The van der Waals surface area contributed by atoms with Crippen molar-refractivity contribution in [1.29, 1.82) is 0 Å². The second kappa shape index (κ2) is 5.76. The standard InChI is InChI=1S/C8H11N3O4/c1-2-14-7-3-6(9-5-10-7)11-15-4-8(12)13/h3,5H,2,4H2,1H3,(H,12,13)(H,9,10,11). The average Bonchev–Trinajstić information content (AvgIpc) is 2.18. The van der Waals surface area contributed by atoms with Crippen LogP contribution in [0.25, 0.3) is 0 Å². The molecule has 7 heteroatoms. The molecule has 0 aliphatic carbocycles. The lowest BCUT2D eigenvalue weighted by atomic mass is 10.6. The summed E-state index contributed by atoms with van der Waals surface area (Å²) in [5.74, 6) is -0.329. The van der Waals surface area contributed by atoms with E-state index >= 15 is 0 Å². The third kappa shape index (κ3) is 4.23. The Bertz CT molecular complexity index is 331. The Balaban J connectivity index is 2.46. The highest BCUT2D eigenvalue weighted by atomic mass is 16.7. The van der Waals surface area contributed by atoms with E-state index < -0.39 is 12.6 Å². The van der Waals surface area contributed by atoms with Crippen molar-refractivity contribution >= 4 is 11.8 Å². The fourth-order valence-corrected chi connectivity index (χ4v) is 0.794. The van der Waals surface area contributed by atoms with Crippen molar-refractivity contribution in [2.75, 3.05) is 18.7 Å². The van der Waals surface area contributed by atoms with E-state index in [-0.39, 0.29) is 0 Å². The number of nitrogens with one attached hydrogen (secondary N) is 1. The summed E-state index contributed by atoms with van der Waals surface area (Å²) in [7, 11) is 0. The van der Waals surface area contributed by atoms with Crippen molar-refractivity contribution in [1.82, 2.24) is 9.97 Å². The predicted molar refractivity (Wildman–Crippen MR) is 50.4 cm³/mol. The van der Waals surface area contributed by atoms with Crippen molar-refractivity contribution in [3.63, 3.8) is 0 Å². The third-order valence-electron chi connectivity index (χ3n) is 1.31. The van der Waals surface area contributed by atoms with Gasteiger partial charge in [-0.25, -0.2) is 20.2 Å². The van der Waals surface area contributed by atoms with Crippen LogP contribution in [0.4, 0.5) is 5.82 Å². The van der Waals surface area contributed by atoms with Gasteiger partial charge in [-0.3, -0.25) is 4.84 Å². The van der Waals surface area contributed by atoms with Gasteiger partial charge in [-0.15, -0.1) is 0 Å². The van der Waals surface area contributed by atoms with Gasteiger partial charge in [0, 0.05) is 6.07 Å². The molecule has 0 bridgehead atoms. The average molecular weight is 213 g/mol. The summed E-state index contributed by atoms with van der Waals surface area (Å²) in [6.07, 6.45) is 1.29. The zero-order chi connectivity index (χ0) is 11.1. The lowest BCUT2D eigenvalue weighted by Gasteiger charge is -2.05. The van der Waals surface area contributed by atoms with Crippen LogP contribution >= 0.6 is 0 Å². The number of carboxylic acids is 1. The molecule has 0 saturated heterocycles. The first-order valence-corrected chi connectivity index (χ1v) is 4.26. The number of hydrogen-bond acceptors (Lipinski definition) is 6. The maximum atomic E-state index is 10.1. The molecule has 0 aromatic carbocycles. The van der Waals surface area contributed by atoms with Gasteiger partial charge in [-0.05, 0) is 6.92 Å². The highest BCUT2D eigenvalue weighted by Crippen LogP contribution is 2.10. The van der Waals surface area contributed by atoms with E-state index in [4.69, 9.17) is 9.84 Å². The molecular formula is C8H11N3O4. The molecule has 0 fully saturated rings. The zero-order valence-electron chi connectivity index (χ0n) is 8.14. The van der Waals surface area contributed by atoms with Gasteiger partial charge in [-0.2, -0.15) is 0 Å². The molecule has 0 spiro atoms. The summed E-state index contributed by atoms with van der Waals surface area (Å²) in [6.45, 7) is 1.87. The lowest BCUT2D eigenvalue weighted by Crippen LogP contribution is -2.12. The Labute approximate surface area is 86.0 Å². The van der Waals surface area contributed by atoms with Crippen molar-refractivity contribution in [2.24, 2.45) is 0 Å². The summed E-state index contributed by atoms with van der Waals surface area (Å²) in [5, 5.41) is 8.31. The van der Waals surface area contributed by atoms with E-state index in [0.29, 0.717) is 18.3 Å². The van der Waals surface area contributed by atoms with Crippen LogP contribution in [-0.4, -0.2) is 34.3 Å². The van der Waals surface area contributed by atoms with Crippen LogP contribution in [0.5, 0.6) is 5.88 Å². The second-order valence-electron chi connectivity index (χ2n) is 2.46. The zero-order valence-corrected chi connectivity index (χ0v) is 8.14. The topological polar surface area (TPSA) is 93.6 Å². The molecule has 1 rings (SSSR count). The largest absolute Gasteiger partial charge is 0.479 e. The van der Waals surface area contributed by atoms with Crippen LogP contribution in [0.3, 0.4) is 0 Å². The van der Waals surface area contributed by atoms with Crippen LogP contribution in [0, 0.1) is 0 Å². The second-order valence-corrected chi connectivity index (χ2v) is 2.46. The van der Waals surface area contributed by atoms with E-state index in [1.165, 1.54) is 12.4 Å². The number of carboxylic acid groups (broad SMARTS) is 1. The number of ether oxygens (including phenoxy) is 1. The number of aromatic nitrogens is 2. The van der Waals surface area contributed by atoms with Crippen LogP contribution in [-0.2, 0) is 9.63 Å². The minimum absolute atomic E-state index is 0.342. The van der Waals surface area contributed by atoms with Crippen LogP contribution < -0.4 is 10.2 Å². The molecule has 0 unspecified atom stereocenters. The van der Waals surface area contributed by atoms with Crippen LogP contribution in [0.1, 0.15) is 6.92 Å². The van der Waals surface area contributed by atoms with E-state index in [1.807, 2.05) is 6.92 Å². The highest BCUT2D eigenvalue weighted by Gasteiger charge is 2.00. The number of anilines is 1. The number of aliphatic carboxylic acids is 1. The van der Waals surface area contributed by atoms with E-state index in [9.17, 15) is 4.79 Å². The Kier molecular flexibility index (Phi) is 4.30. The van der Waals surface area contributed by atoms with E-state index in [2.05, 4.69) is 20.3 Å². The van der Waals surface area contributed by atoms with Crippen LogP contribution in [0.15, 0.2) is 12.4 Å². The summed E-state index contributed by atoms with van der Waals surface area (Å²) < 4.78 is 5.11. The normalized spacial score (nSPS) is 9.67. The van der Waals surface area contributed by atoms with Crippen molar-refractivity contribution in [3.8, 4) is 5.88 Å². The number of carbonyl (C=O) groups is 1. The van der Waals surface area contributed by atoms with Gasteiger partial charge < -0.3 is 9.84 Å². The SMILES string of the molecule is CCOc1cc(NOCC(=O)O)ncn1. The Morgan fingerprint density at radius 3 is 3.07 bits per heavy atom. The molecule has 7 nitrogen and oxygen atoms in total. The summed E-state index contributed by atoms with van der Waals surface area (Å²) >= 11 is 0. The maximum Gasteiger partial charge on any atom is 0.332 e. The fourth-order valence-electron chi connectivity index (χ4n) is 0.794. The molecular weight excluding hydrogens is 202 g/mol. The Morgan fingerprint density at radius 1 is 1.60 bits per heavy atom. The van der Waals surface area contributed by atoms with Gasteiger partial charge in [-0.1, -0.05) is 0 Å². The third-order valence-corrected chi connectivity index (χ3v) is 1.31. The first-order valence-electron chi connectivity index (χ1n) is 4.26. The summed E-state index contributed by atoms with van der Waals surface area (Å²) in [6, 6.07) is 1.51. The molecule has 15 heavy (non-hydrogen) atoms. The monoisotopic (exact) mass is 213 g/mol. The maximum absolute atomic E-state index is 10.1. The van der Waals surface area contributed by atoms with Crippen molar-refractivity contribution < 1.29 is 19.5 Å². The highest BCUT2D eigenvalue weighted by molar-refractivity contribution is 5.68. The van der Waals surface area contributed by atoms with E-state index in [0.717, 1.165) is 0 Å². The van der Waals surface area contributed by atoms with Gasteiger partial charge in [0.15, 0.2) is 12.4 Å². The van der Waals surface area contributed by atoms with Crippen LogP contribution in [0.2, 0.25) is 0 Å². The number of nitrogens with zero attached hydrogens (tertiary/aromatic N) is 2. The molecule has 1 aromatic heterocycles. The van der Waals surface area contributed by atoms with Crippen molar-refractivity contribution in [3.05, 3.63) is 12.4 Å². The predicted octanol–water partition coefficient (Wildman–Crippen LogP) is 0.303. The molecule has 1 aromatic rings. The van der Waals surface area contributed by atoms with Gasteiger partial charge in [0.1, 0.15) is 6.33 Å². The van der Waals surface area contributed by atoms with Gasteiger partial charge in [0.25, 0.3) is 0 Å². The molecule has 0 amide bonds. The minimum Gasteiger partial charge on any atom is -0.479 e. The summed E-state index contributed by atoms with van der Waals surface area (Å²) in [4.78, 5) is 22.4. The van der Waals surface area contributed by atoms with Crippen molar-refractivity contribution in [2.45, 2.75) is 6.92 Å². The molecule has 1 heterocycles. The number of hydrogen-bond donors (Lipinski definition) is 2. The quantitative estimate of drug-likeness (QED) is 0.656. The van der Waals surface area contributed by atoms with Gasteiger partial charge >= 0.3 is 5.97 Å². The first-order chi connectivity index (χ1) is 7.22. The minimum atomic E-state index is -1.07.